The van der Waals surface area contributed by atoms with Gasteiger partial charge in [-0.3, -0.25) is 9.59 Å². The lowest BCUT2D eigenvalue weighted by atomic mass is 9.94. The van der Waals surface area contributed by atoms with Crippen LogP contribution >= 0.6 is 0 Å². The number of aliphatic carboxylic acids is 1. The number of nitrogens with one attached hydrogen (secondary N) is 1. The number of carboxylic acid groups (broad SMARTS) is 1. The van der Waals surface area contributed by atoms with Crippen LogP contribution < -0.4 is 5.32 Å². The molecule has 1 saturated carbocycles. The third-order valence-corrected chi connectivity index (χ3v) is 3.99. The number of rotatable bonds is 7. The van der Waals surface area contributed by atoms with Crippen molar-refractivity contribution >= 4 is 11.9 Å². The molecule has 1 unspecified atom stereocenters. The van der Waals surface area contributed by atoms with Crippen molar-refractivity contribution in [2.24, 2.45) is 5.41 Å². The highest BCUT2D eigenvalue weighted by Crippen LogP contribution is 2.49. The molecule has 1 aromatic rings. The second-order valence-corrected chi connectivity index (χ2v) is 5.86. The average Bonchev–Trinajstić information content (AvgIpc) is 3.20. The minimum atomic E-state index is -0.872. The summed E-state index contributed by atoms with van der Waals surface area (Å²) < 4.78 is 13.7. The van der Waals surface area contributed by atoms with Gasteiger partial charge in [-0.2, -0.15) is 0 Å². The van der Waals surface area contributed by atoms with E-state index < -0.39 is 11.4 Å². The van der Waals surface area contributed by atoms with Crippen molar-refractivity contribution in [3.63, 3.8) is 0 Å². The van der Waals surface area contributed by atoms with E-state index in [9.17, 15) is 14.0 Å². The molecule has 0 aromatic heterocycles. The Morgan fingerprint density at radius 2 is 2.05 bits per heavy atom. The van der Waals surface area contributed by atoms with E-state index in [1.165, 1.54) is 6.07 Å². The van der Waals surface area contributed by atoms with Crippen molar-refractivity contribution in [1.82, 2.24) is 5.32 Å². The summed E-state index contributed by atoms with van der Waals surface area (Å²) >= 11 is 0. The van der Waals surface area contributed by atoms with Crippen LogP contribution in [0.4, 0.5) is 4.39 Å². The van der Waals surface area contributed by atoms with Crippen molar-refractivity contribution in [2.75, 3.05) is 0 Å². The first kappa shape index (κ1) is 15.5. The maximum Gasteiger partial charge on any atom is 0.303 e. The third kappa shape index (κ3) is 4.03. The summed E-state index contributed by atoms with van der Waals surface area (Å²) in [7, 11) is 0. The minimum Gasteiger partial charge on any atom is -0.481 e. The second-order valence-electron chi connectivity index (χ2n) is 5.86. The van der Waals surface area contributed by atoms with Gasteiger partial charge in [0.2, 0.25) is 5.91 Å². The van der Waals surface area contributed by atoms with Crippen LogP contribution in [0.25, 0.3) is 0 Å². The maximum absolute atomic E-state index is 13.7. The summed E-state index contributed by atoms with van der Waals surface area (Å²) in [5.74, 6) is -1.25. The molecule has 1 amide bonds. The van der Waals surface area contributed by atoms with E-state index in [1.807, 2.05) is 0 Å². The smallest absolute Gasteiger partial charge is 0.303 e. The number of carbonyl (C=O) groups excluding carboxylic acids is 1. The molecule has 4 nitrogen and oxygen atoms in total. The first-order valence-corrected chi connectivity index (χ1v) is 7.19. The van der Waals surface area contributed by atoms with Crippen LogP contribution in [0.5, 0.6) is 0 Å². The standard InChI is InChI=1S/C16H20FNO3/c1-11(6-7-14(19)20)18-15(21)16(8-9-16)10-12-4-2-3-5-13(12)17/h2-5,11H,6-10H2,1H3,(H,18,21)(H,19,20). The first-order valence-electron chi connectivity index (χ1n) is 7.19. The lowest BCUT2D eigenvalue weighted by molar-refractivity contribution is -0.137. The van der Waals surface area contributed by atoms with Gasteiger partial charge in [0.15, 0.2) is 0 Å². The predicted molar refractivity (Wildman–Crippen MR) is 76.2 cm³/mol. The highest BCUT2D eigenvalue weighted by molar-refractivity contribution is 5.85. The average molecular weight is 293 g/mol. The molecule has 1 aromatic carbocycles. The van der Waals surface area contributed by atoms with Gasteiger partial charge in [0.05, 0.1) is 5.41 Å². The molecule has 21 heavy (non-hydrogen) atoms. The van der Waals surface area contributed by atoms with Gasteiger partial charge in [0.25, 0.3) is 0 Å². The van der Waals surface area contributed by atoms with E-state index in [4.69, 9.17) is 5.11 Å². The summed E-state index contributed by atoms with van der Waals surface area (Å²) in [6.07, 6.45) is 2.33. The van der Waals surface area contributed by atoms with Gasteiger partial charge < -0.3 is 10.4 Å². The number of benzene rings is 1. The normalized spacial score (nSPS) is 17.0. The van der Waals surface area contributed by atoms with E-state index in [1.54, 1.807) is 25.1 Å². The zero-order chi connectivity index (χ0) is 15.5. The van der Waals surface area contributed by atoms with Gasteiger partial charge in [-0.05, 0) is 44.2 Å². The van der Waals surface area contributed by atoms with E-state index in [0.717, 1.165) is 12.8 Å². The fourth-order valence-electron chi connectivity index (χ4n) is 2.43. The van der Waals surface area contributed by atoms with Gasteiger partial charge in [-0.25, -0.2) is 4.39 Å². The summed E-state index contributed by atoms with van der Waals surface area (Å²) in [6.45, 7) is 1.79. The predicted octanol–water partition coefficient (Wildman–Crippen LogP) is 2.52. The summed E-state index contributed by atoms with van der Waals surface area (Å²) in [5.41, 5.74) is 0.0444. The van der Waals surface area contributed by atoms with Crippen molar-refractivity contribution in [3.8, 4) is 0 Å². The molecule has 0 heterocycles. The summed E-state index contributed by atoms with van der Waals surface area (Å²) in [5, 5.41) is 11.5. The Labute approximate surface area is 123 Å². The molecule has 1 aliphatic rings. The summed E-state index contributed by atoms with van der Waals surface area (Å²) in [4.78, 5) is 22.8. The SMILES string of the molecule is CC(CCC(=O)O)NC(=O)C1(Cc2ccccc2F)CC1. The number of halogens is 1. The molecule has 0 radical (unpaired) electrons. The molecular weight excluding hydrogens is 273 g/mol. The fraction of sp³-hybridized carbons (Fsp3) is 0.500. The molecular formula is C16H20FNO3. The number of carboxylic acids is 1. The topological polar surface area (TPSA) is 66.4 Å². The Balaban J connectivity index is 1.92. The molecule has 2 N–H and O–H groups in total. The molecule has 2 rings (SSSR count). The largest absolute Gasteiger partial charge is 0.481 e. The van der Waals surface area contributed by atoms with Crippen molar-refractivity contribution < 1.29 is 19.1 Å². The van der Waals surface area contributed by atoms with E-state index in [0.29, 0.717) is 18.4 Å². The molecule has 1 aliphatic carbocycles. The van der Waals surface area contributed by atoms with Crippen molar-refractivity contribution in [3.05, 3.63) is 35.6 Å². The van der Waals surface area contributed by atoms with Gasteiger partial charge in [-0.15, -0.1) is 0 Å². The van der Waals surface area contributed by atoms with Crippen molar-refractivity contribution in [1.29, 1.82) is 0 Å². The Kier molecular flexibility index (Phi) is 4.60. The van der Waals surface area contributed by atoms with Gasteiger partial charge in [-0.1, -0.05) is 18.2 Å². The third-order valence-electron chi connectivity index (χ3n) is 3.99. The first-order chi connectivity index (χ1) is 9.93. The van der Waals surface area contributed by atoms with Crippen LogP contribution in [0, 0.1) is 11.2 Å². The van der Waals surface area contributed by atoms with Gasteiger partial charge in [0, 0.05) is 12.5 Å². The van der Waals surface area contributed by atoms with Gasteiger partial charge >= 0.3 is 5.97 Å². The zero-order valence-corrected chi connectivity index (χ0v) is 12.1. The Bertz CT molecular complexity index is 540. The molecule has 0 bridgehead atoms. The number of hydrogen-bond donors (Lipinski definition) is 2. The number of hydrogen-bond acceptors (Lipinski definition) is 2. The monoisotopic (exact) mass is 293 g/mol. The molecule has 0 spiro atoms. The molecule has 0 aliphatic heterocycles. The minimum absolute atomic E-state index is 0.0295. The van der Waals surface area contributed by atoms with Crippen LogP contribution in [-0.2, 0) is 16.0 Å². The molecule has 1 fully saturated rings. The van der Waals surface area contributed by atoms with E-state index in [-0.39, 0.29) is 24.2 Å². The lowest BCUT2D eigenvalue weighted by Gasteiger charge is -2.19. The lowest BCUT2D eigenvalue weighted by Crippen LogP contribution is -2.39. The van der Waals surface area contributed by atoms with Gasteiger partial charge in [0.1, 0.15) is 5.82 Å². The second kappa shape index (κ2) is 6.24. The summed E-state index contributed by atoms with van der Waals surface area (Å²) in [6, 6.07) is 6.32. The Morgan fingerprint density at radius 1 is 1.38 bits per heavy atom. The number of carbonyl (C=O) groups is 2. The molecule has 1 atom stereocenters. The highest BCUT2D eigenvalue weighted by Gasteiger charge is 2.50. The van der Waals surface area contributed by atoms with Crippen LogP contribution in [0.15, 0.2) is 24.3 Å². The van der Waals surface area contributed by atoms with Crippen molar-refractivity contribution in [2.45, 2.75) is 45.1 Å². The van der Waals surface area contributed by atoms with Crippen LogP contribution in [-0.4, -0.2) is 23.0 Å². The van der Waals surface area contributed by atoms with Crippen LogP contribution in [0.3, 0.4) is 0 Å². The maximum atomic E-state index is 13.7. The molecule has 5 heteroatoms. The number of amides is 1. The van der Waals surface area contributed by atoms with Crippen LogP contribution in [0.2, 0.25) is 0 Å². The fourth-order valence-corrected chi connectivity index (χ4v) is 2.43. The zero-order valence-electron chi connectivity index (χ0n) is 12.1. The Morgan fingerprint density at radius 3 is 2.62 bits per heavy atom. The molecule has 0 saturated heterocycles. The van der Waals surface area contributed by atoms with Crippen LogP contribution in [0.1, 0.15) is 38.2 Å². The molecule has 114 valence electrons. The van der Waals surface area contributed by atoms with E-state index >= 15 is 0 Å². The Hall–Kier alpha value is -1.91. The quantitative estimate of drug-likeness (QED) is 0.812. The van der Waals surface area contributed by atoms with E-state index in [2.05, 4.69) is 5.32 Å². The highest BCUT2D eigenvalue weighted by atomic mass is 19.1.